The average molecular weight is 296 g/mol. The van der Waals surface area contributed by atoms with Crippen molar-refractivity contribution in [3.8, 4) is 0 Å². The Kier molecular flexibility index (Phi) is 4.15. The normalized spacial score (nSPS) is 17.6. The van der Waals surface area contributed by atoms with Crippen molar-refractivity contribution in [3.63, 3.8) is 0 Å². The minimum absolute atomic E-state index is 0.0172. The molecule has 1 amide bonds. The number of hydrogen-bond acceptors (Lipinski definition) is 5. The number of esters is 1. The van der Waals surface area contributed by atoms with Gasteiger partial charge < -0.3 is 9.64 Å². The summed E-state index contributed by atoms with van der Waals surface area (Å²) in [6.07, 6.45) is 0.480. The van der Waals surface area contributed by atoms with Gasteiger partial charge >= 0.3 is 11.7 Å². The smallest absolute Gasteiger partial charge is 0.310 e. The van der Waals surface area contributed by atoms with Crippen LogP contribution < -0.4 is 0 Å². The second-order valence-electron chi connectivity index (χ2n) is 4.68. The van der Waals surface area contributed by atoms with Crippen molar-refractivity contribution in [2.45, 2.75) is 6.42 Å². The van der Waals surface area contributed by atoms with Crippen molar-refractivity contribution < 1.29 is 23.6 Å². The molecule has 8 heteroatoms. The number of methoxy groups -OCH3 is 1. The van der Waals surface area contributed by atoms with Gasteiger partial charge in [0.2, 0.25) is 5.82 Å². The minimum atomic E-state index is -1.06. The summed E-state index contributed by atoms with van der Waals surface area (Å²) in [5.41, 5.74) is -0.663. The molecule has 1 heterocycles. The summed E-state index contributed by atoms with van der Waals surface area (Å²) >= 11 is 0. The van der Waals surface area contributed by atoms with Gasteiger partial charge in [0.1, 0.15) is 0 Å². The molecule has 1 fully saturated rings. The van der Waals surface area contributed by atoms with Crippen LogP contribution in [-0.2, 0) is 9.53 Å². The molecule has 0 aliphatic carbocycles. The summed E-state index contributed by atoms with van der Waals surface area (Å²) < 4.78 is 18.1. The Balaban J connectivity index is 2.13. The van der Waals surface area contributed by atoms with Crippen molar-refractivity contribution >= 4 is 17.6 Å². The SMILES string of the molecule is COC(=O)C1CCN(C(=O)c2ccc([N+](=O)[O-])c(F)c2)C1. The summed E-state index contributed by atoms with van der Waals surface area (Å²) in [5.74, 6) is -2.30. The summed E-state index contributed by atoms with van der Waals surface area (Å²) in [6.45, 7) is 0.557. The van der Waals surface area contributed by atoms with Gasteiger partial charge in [-0.05, 0) is 18.6 Å². The molecular weight excluding hydrogens is 283 g/mol. The fraction of sp³-hybridized carbons (Fsp3) is 0.385. The van der Waals surface area contributed by atoms with Crippen LogP contribution in [0.25, 0.3) is 0 Å². The number of rotatable bonds is 3. The molecule has 1 aromatic carbocycles. The second-order valence-corrected chi connectivity index (χ2v) is 4.68. The van der Waals surface area contributed by atoms with Crippen LogP contribution in [0.4, 0.5) is 10.1 Å². The fourth-order valence-electron chi connectivity index (χ4n) is 2.27. The molecule has 1 atom stereocenters. The van der Waals surface area contributed by atoms with Crippen LogP contribution in [0.15, 0.2) is 18.2 Å². The van der Waals surface area contributed by atoms with Crippen LogP contribution in [0.5, 0.6) is 0 Å². The molecule has 2 rings (SSSR count). The molecule has 0 spiro atoms. The van der Waals surface area contributed by atoms with Crippen molar-refractivity contribution in [3.05, 3.63) is 39.7 Å². The lowest BCUT2D eigenvalue weighted by atomic mass is 10.1. The van der Waals surface area contributed by atoms with Gasteiger partial charge in [-0.2, -0.15) is 4.39 Å². The van der Waals surface area contributed by atoms with Crippen LogP contribution >= 0.6 is 0 Å². The predicted molar refractivity (Wildman–Crippen MR) is 69.1 cm³/mol. The van der Waals surface area contributed by atoms with Crippen LogP contribution in [-0.4, -0.2) is 41.9 Å². The molecule has 1 aliphatic heterocycles. The number of carbonyl (C=O) groups is 2. The molecule has 0 N–H and O–H groups in total. The topological polar surface area (TPSA) is 89.8 Å². The van der Waals surface area contributed by atoms with Gasteiger partial charge in [-0.3, -0.25) is 19.7 Å². The zero-order valence-electron chi connectivity index (χ0n) is 11.2. The van der Waals surface area contributed by atoms with Gasteiger partial charge in [0.25, 0.3) is 5.91 Å². The van der Waals surface area contributed by atoms with Gasteiger partial charge in [-0.25, -0.2) is 0 Å². The third-order valence-corrected chi connectivity index (χ3v) is 3.40. The third kappa shape index (κ3) is 2.99. The largest absolute Gasteiger partial charge is 0.469 e. The first-order chi connectivity index (χ1) is 9.93. The Morgan fingerprint density at radius 3 is 2.76 bits per heavy atom. The highest BCUT2D eigenvalue weighted by molar-refractivity contribution is 5.95. The lowest BCUT2D eigenvalue weighted by Gasteiger charge is -2.16. The van der Waals surface area contributed by atoms with E-state index in [-0.39, 0.29) is 24.0 Å². The van der Waals surface area contributed by atoms with Crippen molar-refractivity contribution in [1.29, 1.82) is 0 Å². The number of hydrogen-bond donors (Lipinski definition) is 0. The molecule has 0 bridgehead atoms. The number of benzene rings is 1. The minimum Gasteiger partial charge on any atom is -0.469 e. The Bertz CT molecular complexity index is 604. The fourth-order valence-corrected chi connectivity index (χ4v) is 2.27. The van der Waals surface area contributed by atoms with Crippen molar-refractivity contribution in [2.75, 3.05) is 20.2 Å². The van der Waals surface area contributed by atoms with E-state index in [4.69, 9.17) is 0 Å². The maximum atomic E-state index is 13.5. The molecular formula is C13H13FN2O5. The van der Waals surface area contributed by atoms with E-state index in [2.05, 4.69) is 4.74 Å². The zero-order valence-corrected chi connectivity index (χ0v) is 11.2. The number of ether oxygens (including phenoxy) is 1. The highest BCUT2D eigenvalue weighted by Gasteiger charge is 2.32. The van der Waals surface area contributed by atoms with E-state index in [0.717, 1.165) is 12.1 Å². The third-order valence-electron chi connectivity index (χ3n) is 3.40. The summed E-state index contributed by atoms with van der Waals surface area (Å²) in [7, 11) is 1.28. The van der Waals surface area contributed by atoms with Crippen LogP contribution in [0, 0.1) is 21.8 Å². The molecule has 21 heavy (non-hydrogen) atoms. The van der Waals surface area contributed by atoms with E-state index < -0.39 is 22.3 Å². The van der Waals surface area contributed by atoms with Crippen molar-refractivity contribution in [2.24, 2.45) is 5.92 Å². The Hall–Kier alpha value is -2.51. The molecule has 1 unspecified atom stereocenters. The molecule has 0 radical (unpaired) electrons. The second kappa shape index (κ2) is 5.86. The maximum Gasteiger partial charge on any atom is 0.310 e. The highest BCUT2D eigenvalue weighted by Crippen LogP contribution is 2.22. The number of nitro groups is 1. The first kappa shape index (κ1) is 14.9. The number of amides is 1. The van der Waals surface area contributed by atoms with E-state index in [0.29, 0.717) is 13.0 Å². The van der Waals surface area contributed by atoms with E-state index in [1.165, 1.54) is 18.1 Å². The molecule has 112 valence electrons. The molecule has 7 nitrogen and oxygen atoms in total. The standard InChI is InChI=1S/C13H13FN2O5/c1-21-13(18)9-4-5-15(7-9)12(17)8-2-3-11(16(19)20)10(14)6-8/h2-3,6,9H,4-5,7H2,1H3. The van der Waals surface area contributed by atoms with Crippen LogP contribution in [0.1, 0.15) is 16.8 Å². The van der Waals surface area contributed by atoms with E-state index >= 15 is 0 Å². The van der Waals surface area contributed by atoms with Gasteiger partial charge in [-0.15, -0.1) is 0 Å². The molecule has 1 aliphatic rings. The highest BCUT2D eigenvalue weighted by atomic mass is 19.1. The maximum absolute atomic E-state index is 13.5. The summed E-state index contributed by atoms with van der Waals surface area (Å²) in [4.78, 5) is 34.7. The van der Waals surface area contributed by atoms with E-state index in [9.17, 15) is 24.1 Å². The zero-order chi connectivity index (χ0) is 15.6. The van der Waals surface area contributed by atoms with Crippen LogP contribution in [0.3, 0.4) is 0 Å². The molecule has 0 saturated carbocycles. The van der Waals surface area contributed by atoms with E-state index in [1.54, 1.807) is 0 Å². The number of nitro benzene ring substituents is 1. The number of halogens is 1. The Labute approximate surface area is 119 Å². The summed E-state index contributed by atoms with van der Waals surface area (Å²) in [5, 5.41) is 10.5. The number of carbonyl (C=O) groups excluding carboxylic acids is 2. The quantitative estimate of drug-likeness (QED) is 0.477. The molecule has 1 saturated heterocycles. The van der Waals surface area contributed by atoms with Crippen molar-refractivity contribution in [1.82, 2.24) is 4.90 Å². The molecule has 1 aromatic rings. The molecule has 0 aromatic heterocycles. The first-order valence-electron chi connectivity index (χ1n) is 6.25. The Morgan fingerprint density at radius 2 is 2.19 bits per heavy atom. The van der Waals surface area contributed by atoms with Crippen LogP contribution in [0.2, 0.25) is 0 Å². The van der Waals surface area contributed by atoms with Gasteiger partial charge in [-0.1, -0.05) is 0 Å². The lowest BCUT2D eigenvalue weighted by molar-refractivity contribution is -0.387. The van der Waals surface area contributed by atoms with E-state index in [1.807, 2.05) is 0 Å². The number of nitrogens with zero attached hydrogens (tertiary/aromatic N) is 2. The van der Waals surface area contributed by atoms with Gasteiger partial charge in [0.15, 0.2) is 0 Å². The monoisotopic (exact) mass is 296 g/mol. The van der Waals surface area contributed by atoms with Gasteiger partial charge in [0, 0.05) is 24.7 Å². The number of likely N-dealkylation sites (tertiary alicyclic amines) is 1. The Morgan fingerprint density at radius 1 is 1.48 bits per heavy atom. The first-order valence-corrected chi connectivity index (χ1v) is 6.25. The summed E-state index contributed by atoms with van der Waals surface area (Å²) in [6, 6.07) is 3.00. The van der Waals surface area contributed by atoms with Gasteiger partial charge in [0.05, 0.1) is 18.0 Å². The lowest BCUT2D eigenvalue weighted by Crippen LogP contribution is -2.30. The predicted octanol–water partition coefficient (Wildman–Crippen LogP) is 1.37. The average Bonchev–Trinajstić information content (AvgIpc) is 2.94.